The molecule has 4 heteroatoms. The maximum absolute atomic E-state index is 6.03. The summed E-state index contributed by atoms with van der Waals surface area (Å²) in [4.78, 5) is 0. The minimum Gasteiger partial charge on any atom is -0.326 e. The average Bonchev–Trinajstić information content (AvgIpc) is 2.43. The van der Waals surface area contributed by atoms with Crippen LogP contribution in [0.25, 0.3) is 10.9 Å². The fourth-order valence-corrected chi connectivity index (χ4v) is 1.60. The third kappa shape index (κ3) is 1.20. The molecule has 0 aliphatic carbocycles. The van der Waals surface area contributed by atoms with E-state index in [9.17, 15) is 0 Å². The molecule has 0 radical (unpaired) electrons. The number of nitrogens with zero attached hydrogens (tertiary/aromatic N) is 2. The van der Waals surface area contributed by atoms with Gasteiger partial charge in [-0.1, -0.05) is 23.7 Å². The van der Waals surface area contributed by atoms with Crippen molar-refractivity contribution < 1.29 is 0 Å². The zero-order valence-corrected chi connectivity index (χ0v) is 8.04. The van der Waals surface area contributed by atoms with Crippen molar-refractivity contribution in [3.63, 3.8) is 0 Å². The summed E-state index contributed by atoms with van der Waals surface area (Å²) < 4.78 is 1.66. The first-order valence-corrected chi connectivity index (χ1v) is 4.42. The lowest BCUT2D eigenvalue weighted by Gasteiger charge is -1.95. The molecule has 0 fully saturated rings. The zero-order chi connectivity index (χ0) is 9.42. The number of hydrogen-bond donors (Lipinski definition) is 1. The minimum absolute atomic E-state index is 0.491. The van der Waals surface area contributed by atoms with Crippen molar-refractivity contribution in [2.45, 2.75) is 6.54 Å². The van der Waals surface area contributed by atoms with Gasteiger partial charge in [0.15, 0.2) is 0 Å². The molecule has 2 N–H and O–H groups in total. The smallest absolute Gasteiger partial charge is 0.134 e. The second kappa shape index (κ2) is 3.01. The number of aromatic nitrogens is 2. The van der Waals surface area contributed by atoms with Gasteiger partial charge in [-0.15, -0.1) is 0 Å². The van der Waals surface area contributed by atoms with Crippen LogP contribution in [0, 0.1) is 0 Å². The van der Waals surface area contributed by atoms with Crippen LogP contribution in [-0.4, -0.2) is 9.78 Å². The summed E-state index contributed by atoms with van der Waals surface area (Å²) in [6.07, 6.45) is 0. The van der Waals surface area contributed by atoms with Crippen molar-refractivity contribution in [1.82, 2.24) is 9.78 Å². The number of halogens is 1. The highest BCUT2D eigenvalue weighted by Crippen LogP contribution is 2.24. The number of aryl methyl sites for hydroxylation is 1. The van der Waals surface area contributed by atoms with Crippen LogP contribution in [-0.2, 0) is 13.6 Å². The highest BCUT2D eigenvalue weighted by molar-refractivity contribution is 6.34. The molecule has 1 aromatic carbocycles. The van der Waals surface area contributed by atoms with Crippen molar-refractivity contribution in [2.75, 3.05) is 0 Å². The fraction of sp³-hybridized carbons (Fsp3) is 0.222. The van der Waals surface area contributed by atoms with E-state index in [-0.39, 0.29) is 0 Å². The van der Waals surface area contributed by atoms with Crippen LogP contribution in [0.3, 0.4) is 0 Å². The topological polar surface area (TPSA) is 43.8 Å². The molecule has 0 amide bonds. The van der Waals surface area contributed by atoms with Gasteiger partial charge in [-0.25, -0.2) is 0 Å². The first kappa shape index (κ1) is 8.53. The molecular formula is C9H10ClN3. The lowest BCUT2D eigenvalue weighted by molar-refractivity contribution is 0.778. The predicted octanol–water partition coefficient (Wildman–Crippen LogP) is 1.69. The van der Waals surface area contributed by atoms with Crippen LogP contribution in [0.1, 0.15) is 5.56 Å². The Balaban J connectivity index is 2.84. The standard InChI is InChI=1S/C9H10ClN3/c1-13-9(10)7-4-2-3-6(5-11)8(7)12-13/h2-4H,5,11H2,1H3. The lowest BCUT2D eigenvalue weighted by Crippen LogP contribution is -1.97. The Hall–Kier alpha value is -1.06. The van der Waals surface area contributed by atoms with Gasteiger partial charge in [0.1, 0.15) is 5.15 Å². The third-order valence-corrected chi connectivity index (χ3v) is 2.54. The number of benzene rings is 1. The minimum atomic E-state index is 0.491. The van der Waals surface area contributed by atoms with Crippen molar-refractivity contribution in [1.29, 1.82) is 0 Å². The van der Waals surface area contributed by atoms with Crippen LogP contribution >= 0.6 is 11.6 Å². The number of hydrogen-bond acceptors (Lipinski definition) is 2. The van der Waals surface area contributed by atoms with E-state index in [0.717, 1.165) is 16.5 Å². The van der Waals surface area contributed by atoms with Crippen LogP contribution < -0.4 is 5.73 Å². The van der Waals surface area contributed by atoms with E-state index in [0.29, 0.717) is 11.7 Å². The van der Waals surface area contributed by atoms with Gasteiger partial charge in [0.2, 0.25) is 0 Å². The molecule has 0 spiro atoms. The maximum atomic E-state index is 6.03. The Kier molecular flexibility index (Phi) is 1.98. The number of nitrogens with two attached hydrogens (primary N) is 1. The Bertz CT molecular complexity index is 447. The van der Waals surface area contributed by atoms with E-state index in [1.807, 2.05) is 25.2 Å². The molecule has 1 aromatic heterocycles. The first-order valence-electron chi connectivity index (χ1n) is 4.04. The largest absolute Gasteiger partial charge is 0.326 e. The van der Waals surface area contributed by atoms with Gasteiger partial charge >= 0.3 is 0 Å². The number of rotatable bonds is 1. The Morgan fingerprint density at radius 1 is 1.54 bits per heavy atom. The van der Waals surface area contributed by atoms with E-state index < -0.39 is 0 Å². The molecule has 2 aromatic rings. The summed E-state index contributed by atoms with van der Waals surface area (Å²) in [7, 11) is 1.82. The van der Waals surface area contributed by atoms with E-state index in [1.165, 1.54) is 0 Å². The van der Waals surface area contributed by atoms with Crippen LogP contribution in [0.5, 0.6) is 0 Å². The molecule has 0 aliphatic rings. The average molecular weight is 196 g/mol. The molecule has 68 valence electrons. The van der Waals surface area contributed by atoms with Gasteiger partial charge in [0.25, 0.3) is 0 Å². The van der Waals surface area contributed by atoms with Gasteiger partial charge in [0, 0.05) is 19.0 Å². The Labute approximate surface area is 81.1 Å². The summed E-state index contributed by atoms with van der Waals surface area (Å²) in [6.45, 7) is 0.491. The molecule has 1 heterocycles. The molecule has 0 saturated carbocycles. The fourth-order valence-electron chi connectivity index (χ4n) is 1.41. The third-order valence-electron chi connectivity index (χ3n) is 2.10. The summed E-state index contributed by atoms with van der Waals surface area (Å²) in [6, 6.07) is 5.85. The van der Waals surface area contributed by atoms with Gasteiger partial charge in [-0.2, -0.15) is 5.10 Å². The van der Waals surface area contributed by atoms with Gasteiger partial charge in [-0.05, 0) is 11.6 Å². The monoisotopic (exact) mass is 195 g/mol. The van der Waals surface area contributed by atoms with Crippen molar-refractivity contribution in [3.05, 3.63) is 28.9 Å². The maximum Gasteiger partial charge on any atom is 0.134 e. The van der Waals surface area contributed by atoms with Crippen molar-refractivity contribution in [3.8, 4) is 0 Å². The van der Waals surface area contributed by atoms with Crippen molar-refractivity contribution >= 4 is 22.5 Å². The highest BCUT2D eigenvalue weighted by Gasteiger charge is 2.08. The van der Waals surface area contributed by atoms with E-state index >= 15 is 0 Å². The highest BCUT2D eigenvalue weighted by atomic mass is 35.5. The van der Waals surface area contributed by atoms with E-state index in [4.69, 9.17) is 17.3 Å². The van der Waals surface area contributed by atoms with Gasteiger partial charge in [-0.3, -0.25) is 4.68 Å². The molecule has 0 aliphatic heterocycles. The molecule has 0 bridgehead atoms. The van der Waals surface area contributed by atoms with Gasteiger partial charge < -0.3 is 5.73 Å². The second-order valence-corrected chi connectivity index (χ2v) is 3.29. The quantitative estimate of drug-likeness (QED) is 0.753. The molecule has 2 rings (SSSR count). The zero-order valence-electron chi connectivity index (χ0n) is 7.29. The predicted molar refractivity (Wildman–Crippen MR) is 53.6 cm³/mol. The molecule has 3 nitrogen and oxygen atoms in total. The Morgan fingerprint density at radius 3 is 3.00 bits per heavy atom. The van der Waals surface area contributed by atoms with Crippen LogP contribution in [0.15, 0.2) is 18.2 Å². The van der Waals surface area contributed by atoms with Crippen LogP contribution in [0.2, 0.25) is 5.15 Å². The molecule has 0 saturated heterocycles. The van der Waals surface area contributed by atoms with Gasteiger partial charge in [0.05, 0.1) is 5.52 Å². The summed E-state index contributed by atoms with van der Waals surface area (Å²) in [5, 5.41) is 5.91. The molecule has 13 heavy (non-hydrogen) atoms. The van der Waals surface area contributed by atoms with E-state index in [1.54, 1.807) is 4.68 Å². The lowest BCUT2D eigenvalue weighted by atomic mass is 10.1. The normalized spacial score (nSPS) is 11.0. The first-order chi connectivity index (χ1) is 6.24. The van der Waals surface area contributed by atoms with Crippen molar-refractivity contribution in [2.24, 2.45) is 12.8 Å². The number of fused-ring (bicyclic) bond motifs is 1. The summed E-state index contributed by atoms with van der Waals surface area (Å²) in [5.41, 5.74) is 7.51. The second-order valence-electron chi connectivity index (χ2n) is 2.93. The SMILES string of the molecule is Cn1nc2c(CN)cccc2c1Cl. The van der Waals surface area contributed by atoms with E-state index in [2.05, 4.69) is 5.10 Å². The summed E-state index contributed by atoms with van der Waals surface area (Å²) in [5.74, 6) is 0. The Morgan fingerprint density at radius 2 is 2.31 bits per heavy atom. The molecular weight excluding hydrogens is 186 g/mol. The molecule has 0 unspecified atom stereocenters. The van der Waals surface area contributed by atoms with Crippen LogP contribution in [0.4, 0.5) is 0 Å². The molecule has 0 atom stereocenters. The summed E-state index contributed by atoms with van der Waals surface area (Å²) >= 11 is 6.03.